The minimum absolute atomic E-state index is 0.112. The molecule has 4 unspecified atom stereocenters. The van der Waals surface area contributed by atoms with Crippen LogP contribution in [0, 0.1) is 0 Å². The van der Waals surface area contributed by atoms with Crippen LogP contribution in [0.4, 0.5) is 0 Å². The molecule has 0 spiro atoms. The van der Waals surface area contributed by atoms with Crippen LogP contribution >= 0.6 is 0 Å². The molecule has 1 rings (SSSR count). The smallest absolute Gasteiger partial charge is 0.146 e. The zero-order valence-corrected chi connectivity index (χ0v) is 7.01. The molecule has 1 saturated carbocycles. The van der Waals surface area contributed by atoms with Crippen LogP contribution in [0.1, 0.15) is 6.42 Å². The average molecular weight is 172 g/mol. The summed E-state index contributed by atoms with van der Waals surface area (Å²) in [4.78, 5) is 0. The molecule has 1 aliphatic rings. The van der Waals surface area contributed by atoms with Crippen LogP contribution in [-0.2, 0) is 9.47 Å². The van der Waals surface area contributed by atoms with E-state index in [1.165, 1.54) is 7.11 Å². The molecule has 0 heterocycles. The Bertz CT molecular complexity index is 143. The zero-order valence-electron chi connectivity index (χ0n) is 7.01. The number of rotatable bonds is 3. The second kappa shape index (κ2) is 4.23. The van der Waals surface area contributed by atoms with Gasteiger partial charge in [-0.1, -0.05) is 0 Å². The van der Waals surface area contributed by atoms with Crippen molar-refractivity contribution >= 4 is 7.85 Å². The lowest BCUT2D eigenvalue weighted by Gasteiger charge is -2.16. The van der Waals surface area contributed by atoms with Crippen molar-refractivity contribution in [3.63, 3.8) is 0 Å². The Morgan fingerprint density at radius 3 is 2.50 bits per heavy atom. The van der Waals surface area contributed by atoms with Gasteiger partial charge < -0.3 is 19.7 Å². The van der Waals surface area contributed by atoms with E-state index in [4.69, 9.17) is 12.6 Å². The molecule has 12 heavy (non-hydrogen) atoms. The van der Waals surface area contributed by atoms with Crippen molar-refractivity contribution in [2.24, 2.45) is 0 Å². The first-order chi connectivity index (χ1) is 5.66. The molecule has 0 aromatic heterocycles. The number of aliphatic hydroxyl groups excluding tert-OH is 2. The molecule has 68 valence electrons. The molecule has 4 nitrogen and oxygen atoms in total. The van der Waals surface area contributed by atoms with E-state index in [-0.39, 0.29) is 6.79 Å². The van der Waals surface area contributed by atoms with E-state index < -0.39 is 24.1 Å². The predicted molar refractivity (Wildman–Crippen MR) is 42.9 cm³/mol. The Kier molecular flexibility index (Phi) is 3.52. The fraction of sp³-hybridized carbons (Fsp3) is 1.00. The second-order valence-corrected chi connectivity index (χ2v) is 2.99. The van der Waals surface area contributed by atoms with Gasteiger partial charge in [0.05, 0.1) is 20.1 Å². The molecule has 0 saturated heterocycles. The minimum Gasteiger partial charge on any atom is -0.391 e. The maximum atomic E-state index is 9.34. The normalized spacial score (nSPS) is 41.9. The van der Waals surface area contributed by atoms with Gasteiger partial charge in [-0.05, 0) is 12.2 Å². The monoisotopic (exact) mass is 172 g/mol. The van der Waals surface area contributed by atoms with Gasteiger partial charge in [0.15, 0.2) is 0 Å². The van der Waals surface area contributed by atoms with Crippen molar-refractivity contribution in [3.05, 3.63) is 0 Å². The number of methoxy groups -OCH3 is 1. The van der Waals surface area contributed by atoms with E-state index in [0.29, 0.717) is 6.42 Å². The first-order valence-electron chi connectivity index (χ1n) is 3.89. The van der Waals surface area contributed by atoms with Gasteiger partial charge in [-0.25, -0.2) is 0 Å². The summed E-state index contributed by atoms with van der Waals surface area (Å²) in [6, 6.07) is 0. The molecule has 0 amide bonds. The van der Waals surface area contributed by atoms with Crippen LogP contribution in [0.3, 0.4) is 0 Å². The number of hydrogen-bond acceptors (Lipinski definition) is 4. The van der Waals surface area contributed by atoms with Crippen LogP contribution in [0.25, 0.3) is 0 Å². The van der Waals surface area contributed by atoms with E-state index in [1.807, 2.05) is 0 Å². The van der Waals surface area contributed by atoms with Gasteiger partial charge in [-0.15, -0.1) is 0 Å². The number of aliphatic hydroxyl groups is 2. The van der Waals surface area contributed by atoms with E-state index in [0.717, 1.165) is 0 Å². The van der Waals surface area contributed by atoms with Crippen LogP contribution in [0.2, 0.25) is 5.82 Å². The Labute approximate surface area is 72.9 Å². The van der Waals surface area contributed by atoms with Crippen molar-refractivity contribution in [1.29, 1.82) is 0 Å². The highest BCUT2D eigenvalue weighted by molar-refractivity contribution is 6.12. The van der Waals surface area contributed by atoms with Crippen molar-refractivity contribution < 1.29 is 19.7 Å². The van der Waals surface area contributed by atoms with Crippen molar-refractivity contribution in [1.82, 2.24) is 0 Å². The van der Waals surface area contributed by atoms with Gasteiger partial charge in [-0.2, -0.15) is 0 Å². The standard InChI is InChI=1S/C7H13BO4/c1-11-3-12-5-2-4(8)6(9)7(5)10/h4-7,9-10H,2-3H2,1H3. The molecule has 0 aromatic rings. The summed E-state index contributed by atoms with van der Waals surface area (Å²) in [6.45, 7) is 0.112. The highest BCUT2D eigenvalue weighted by Crippen LogP contribution is 2.30. The molecule has 1 aliphatic carbocycles. The van der Waals surface area contributed by atoms with Gasteiger partial charge in [0.2, 0.25) is 0 Å². The first-order valence-corrected chi connectivity index (χ1v) is 3.89. The van der Waals surface area contributed by atoms with Crippen molar-refractivity contribution in [2.45, 2.75) is 30.5 Å². The summed E-state index contributed by atoms with van der Waals surface area (Å²) in [6.07, 6.45) is -1.72. The highest BCUT2D eigenvalue weighted by atomic mass is 16.7. The second-order valence-electron chi connectivity index (χ2n) is 2.99. The Morgan fingerprint density at radius 2 is 2.08 bits per heavy atom. The molecule has 0 bridgehead atoms. The van der Waals surface area contributed by atoms with E-state index in [9.17, 15) is 10.2 Å². The number of ether oxygens (including phenoxy) is 2. The van der Waals surface area contributed by atoms with E-state index in [2.05, 4.69) is 4.74 Å². The Morgan fingerprint density at radius 1 is 1.42 bits per heavy atom. The van der Waals surface area contributed by atoms with Gasteiger partial charge in [0, 0.05) is 7.11 Å². The lowest BCUT2D eigenvalue weighted by Crippen LogP contribution is -2.31. The lowest BCUT2D eigenvalue weighted by molar-refractivity contribution is -0.114. The van der Waals surface area contributed by atoms with E-state index in [1.54, 1.807) is 0 Å². The number of hydrogen-bond donors (Lipinski definition) is 2. The van der Waals surface area contributed by atoms with Crippen LogP contribution < -0.4 is 0 Å². The Hall–Kier alpha value is -0.0951. The van der Waals surface area contributed by atoms with E-state index >= 15 is 0 Å². The predicted octanol–water partition coefficient (Wildman–Crippen LogP) is -0.942. The zero-order chi connectivity index (χ0) is 9.14. The summed E-state index contributed by atoms with van der Waals surface area (Å²) in [5, 5.41) is 18.6. The summed E-state index contributed by atoms with van der Waals surface area (Å²) < 4.78 is 9.76. The summed E-state index contributed by atoms with van der Waals surface area (Å²) in [5.41, 5.74) is 0. The summed E-state index contributed by atoms with van der Waals surface area (Å²) in [7, 11) is 7.00. The average Bonchev–Trinajstić information content (AvgIpc) is 2.30. The van der Waals surface area contributed by atoms with Crippen molar-refractivity contribution in [2.75, 3.05) is 13.9 Å². The molecule has 0 aliphatic heterocycles. The van der Waals surface area contributed by atoms with Crippen LogP contribution in [-0.4, -0.2) is 50.3 Å². The molecule has 2 N–H and O–H groups in total. The molecule has 5 heteroatoms. The van der Waals surface area contributed by atoms with Gasteiger partial charge in [-0.3, -0.25) is 0 Å². The van der Waals surface area contributed by atoms with Gasteiger partial charge in [0.25, 0.3) is 0 Å². The lowest BCUT2D eigenvalue weighted by atomic mass is 9.84. The molecule has 2 radical (unpaired) electrons. The first kappa shape index (κ1) is 9.99. The highest BCUT2D eigenvalue weighted by Gasteiger charge is 2.39. The van der Waals surface area contributed by atoms with Gasteiger partial charge >= 0.3 is 0 Å². The van der Waals surface area contributed by atoms with Gasteiger partial charge in [0.1, 0.15) is 12.9 Å². The molecule has 0 aromatic carbocycles. The van der Waals surface area contributed by atoms with Crippen LogP contribution in [0.5, 0.6) is 0 Å². The molecule has 4 atom stereocenters. The van der Waals surface area contributed by atoms with Crippen LogP contribution in [0.15, 0.2) is 0 Å². The third-order valence-electron chi connectivity index (χ3n) is 2.07. The SMILES string of the molecule is [B]C1CC(OCOC)C(O)C1O. The quantitative estimate of drug-likeness (QED) is 0.426. The largest absolute Gasteiger partial charge is 0.391 e. The maximum Gasteiger partial charge on any atom is 0.146 e. The molecule has 1 fully saturated rings. The third kappa shape index (κ3) is 1.98. The van der Waals surface area contributed by atoms with Crippen molar-refractivity contribution in [3.8, 4) is 0 Å². The minimum atomic E-state index is -0.893. The maximum absolute atomic E-state index is 9.34. The molecular weight excluding hydrogens is 159 g/mol. The fourth-order valence-corrected chi connectivity index (χ4v) is 1.34. The summed E-state index contributed by atoms with van der Waals surface area (Å²) in [5.74, 6) is -0.401. The third-order valence-corrected chi connectivity index (χ3v) is 2.07. The fourth-order valence-electron chi connectivity index (χ4n) is 1.34. The topological polar surface area (TPSA) is 58.9 Å². The Balaban J connectivity index is 2.36. The molecular formula is C7H13BO4. The summed E-state index contributed by atoms with van der Waals surface area (Å²) >= 11 is 0.